The van der Waals surface area contributed by atoms with E-state index in [0.29, 0.717) is 13.1 Å². The second kappa shape index (κ2) is 4.82. The fourth-order valence-corrected chi connectivity index (χ4v) is 1.85. The van der Waals surface area contributed by atoms with Gasteiger partial charge >= 0.3 is 6.03 Å². The first-order valence-corrected chi connectivity index (χ1v) is 5.48. The number of carbonyl (C=O) groups is 1. The number of nitro groups is 1. The molecule has 1 aromatic rings. The summed E-state index contributed by atoms with van der Waals surface area (Å²) in [5.41, 5.74) is 0.162. The Morgan fingerprint density at radius 2 is 1.94 bits per heavy atom. The van der Waals surface area contributed by atoms with Crippen LogP contribution >= 0.6 is 0 Å². The van der Waals surface area contributed by atoms with Gasteiger partial charge in [-0.3, -0.25) is 10.1 Å². The Balaban J connectivity index is 2.12. The van der Waals surface area contributed by atoms with Crippen molar-refractivity contribution in [3.63, 3.8) is 0 Å². The van der Waals surface area contributed by atoms with Crippen molar-refractivity contribution >= 4 is 17.4 Å². The van der Waals surface area contributed by atoms with Gasteiger partial charge < -0.3 is 10.2 Å². The highest BCUT2D eigenvalue weighted by Crippen LogP contribution is 2.23. The Bertz CT molecular complexity index is 441. The number of urea groups is 1. The standard InChI is InChI=1S/C11H13N3O3/c15-11(13-7-3-4-8-13)12-9-5-1-2-6-10(9)14(16)17/h1-2,5-6H,3-4,7-8H2,(H,12,15). The fourth-order valence-electron chi connectivity index (χ4n) is 1.85. The van der Waals surface area contributed by atoms with E-state index in [4.69, 9.17) is 0 Å². The Labute approximate surface area is 98.4 Å². The van der Waals surface area contributed by atoms with Gasteiger partial charge in [0.15, 0.2) is 0 Å². The van der Waals surface area contributed by atoms with Crippen LogP contribution in [-0.2, 0) is 0 Å². The zero-order valence-electron chi connectivity index (χ0n) is 9.26. The third-order valence-corrected chi connectivity index (χ3v) is 2.74. The third-order valence-electron chi connectivity index (χ3n) is 2.74. The molecule has 1 heterocycles. The van der Waals surface area contributed by atoms with Crippen LogP contribution in [-0.4, -0.2) is 28.9 Å². The van der Waals surface area contributed by atoms with Crippen LogP contribution in [0, 0.1) is 10.1 Å². The van der Waals surface area contributed by atoms with Crippen molar-refractivity contribution in [1.82, 2.24) is 4.90 Å². The number of nitrogens with zero attached hydrogens (tertiary/aromatic N) is 2. The van der Waals surface area contributed by atoms with E-state index in [-0.39, 0.29) is 17.4 Å². The van der Waals surface area contributed by atoms with Gasteiger partial charge in [-0.15, -0.1) is 0 Å². The van der Waals surface area contributed by atoms with E-state index in [1.54, 1.807) is 17.0 Å². The maximum absolute atomic E-state index is 11.8. The van der Waals surface area contributed by atoms with Gasteiger partial charge in [0.1, 0.15) is 5.69 Å². The number of nitrogens with one attached hydrogen (secondary N) is 1. The van der Waals surface area contributed by atoms with Crippen molar-refractivity contribution in [3.05, 3.63) is 34.4 Å². The zero-order valence-corrected chi connectivity index (χ0v) is 9.26. The molecule has 2 rings (SSSR count). The van der Waals surface area contributed by atoms with E-state index in [0.717, 1.165) is 12.8 Å². The van der Waals surface area contributed by atoms with Gasteiger partial charge in [-0.2, -0.15) is 0 Å². The summed E-state index contributed by atoms with van der Waals surface area (Å²) >= 11 is 0. The lowest BCUT2D eigenvalue weighted by atomic mass is 10.3. The highest BCUT2D eigenvalue weighted by atomic mass is 16.6. The predicted octanol–water partition coefficient (Wildman–Crippen LogP) is 2.22. The van der Waals surface area contributed by atoms with E-state index in [9.17, 15) is 14.9 Å². The number of likely N-dealkylation sites (tertiary alicyclic amines) is 1. The first-order chi connectivity index (χ1) is 8.18. The molecule has 17 heavy (non-hydrogen) atoms. The maximum atomic E-state index is 11.8. The molecule has 1 saturated heterocycles. The van der Waals surface area contributed by atoms with Crippen LogP contribution in [0.4, 0.5) is 16.2 Å². The second-order valence-corrected chi connectivity index (χ2v) is 3.90. The number of carbonyl (C=O) groups excluding carboxylic acids is 1. The summed E-state index contributed by atoms with van der Waals surface area (Å²) in [5, 5.41) is 13.3. The van der Waals surface area contributed by atoms with Crippen molar-refractivity contribution in [1.29, 1.82) is 0 Å². The molecule has 0 spiro atoms. The SMILES string of the molecule is O=C(Nc1ccccc1[N+](=O)[O-])N1CCCC1. The number of hydrogen-bond acceptors (Lipinski definition) is 3. The van der Waals surface area contributed by atoms with Crippen LogP contribution in [0.25, 0.3) is 0 Å². The van der Waals surface area contributed by atoms with Crippen molar-refractivity contribution in [2.24, 2.45) is 0 Å². The van der Waals surface area contributed by atoms with E-state index < -0.39 is 4.92 Å². The summed E-state index contributed by atoms with van der Waals surface area (Å²) in [6, 6.07) is 5.87. The highest BCUT2D eigenvalue weighted by Gasteiger charge is 2.20. The predicted molar refractivity (Wildman–Crippen MR) is 62.9 cm³/mol. The number of amides is 2. The van der Waals surface area contributed by atoms with E-state index in [1.807, 2.05) is 0 Å². The topological polar surface area (TPSA) is 75.5 Å². The number of nitro benzene ring substituents is 1. The summed E-state index contributed by atoms with van der Waals surface area (Å²) < 4.78 is 0. The molecule has 1 aliphatic rings. The summed E-state index contributed by atoms with van der Waals surface area (Å²) in [6.07, 6.45) is 1.98. The third kappa shape index (κ3) is 2.52. The average Bonchev–Trinajstić information content (AvgIpc) is 2.83. The smallest absolute Gasteiger partial charge is 0.322 e. The van der Waals surface area contributed by atoms with Crippen LogP contribution in [0.2, 0.25) is 0 Å². The average molecular weight is 235 g/mol. The van der Waals surface area contributed by atoms with Crippen molar-refractivity contribution < 1.29 is 9.72 Å². The minimum Gasteiger partial charge on any atom is -0.325 e. The second-order valence-electron chi connectivity index (χ2n) is 3.90. The molecule has 0 bridgehead atoms. The molecule has 0 atom stereocenters. The molecule has 0 aliphatic carbocycles. The largest absolute Gasteiger partial charge is 0.325 e. The van der Waals surface area contributed by atoms with Crippen molar-refractivity contribution in [2.45, 2.75) is 12.8 Å². The lowest BCUT2D eigenvalue weighted by molar-refractivity contribution is -0.383. The van der Waals surface area contributed by atoms with Gasteiger partial charge in [-0.05, 0) is 18.9 Å². The molecule has 1 fully saturated rings. The lowest BCUT2D eigenvalue weighted by Gasteiger charge is -2.15. The van der Waals surface area contributed by atoms with Gasteiger partial charge in [0.25, 0.3) is 5.69 Å². The van der Waals surface area contributed by atoms with E-state index >= 15 is 0 Å². The molecule has 90 valence electrons. The molecule has 0 saturated carbocycles. The minimum atomic E-state index is -0.500. The number of anilines is 1. The molecular weight excluding hydrogens is 222 g/mol. The molecule has 0 radical (unpaired) electrons. The first kappa shape index (κ1) is 11.4. The molecule has 0 unspecified atom stereocenters. The molecule has 1 N–H and O–H groups in total. The van der Waals surface area contributed by atoms with Gasteiger partial charge in [-0.25, -0.2) is 4.79 Å². The fraction of sp³-hybridized carbons (Fsp3) is 0.364. The van der Waals surface area contributed by atoms with Crippen LogP contribution in [0.1, 0.15) is 12.8 Å². The van der Waals surface area contributed by atoms with Gasteiger partial charge in [0, 0.05) is 19.2 Å². The zero-order chi connectivity index (χ0) is 12.3. The summed E-state index contributed by atoms with van der Waals surface area (Å²) in [6.45, 7) is 1.43. The maximum Gasteiger partial charge on any atom is 0.322 e. The number of hydrogen-bond donors (Lipinski definition) is 1. The summed E-state index contributed by atoms with van der Waals surface area (Å²) in [4.78, 5) is 23.7. The first-order valence-electron chi connectivity index (χ1n) is 5.48. The van der Waals surface area contributed by atoms with E-state index in [1.165, 1.54) is 12.1 Å². The molecule has 1 aliphatic heterocycles. The van der Waals surface area contributed by atoms with Crippen LogP contribution < -0.4 is 5.32 Å². The molecule has 6 heteroatoms. The number of rotatable bonds is 2. The summed E-state index contributed by atoms with van der Waals surface area (Å²) in [7, 11) is 0. The molecule has 0 aromatic heterocycles. The van der Waals surface area contributed by atoms with E-state index in [2.05, 4.69) is 5.32 Å². The minimum absolute atomic E-state index is 0.0833. The Hall–Kier alpha value is -2.11. The van der Waals surface area contributed by atoms with Crippen molar-refractivity contribution in [3.8, 4) is 0 Å². The highest BCUT2D eigenvalue weighted by molar-refractivity contribution is 5.91. The van der Waals surface area contributed by atoms with Crippen molar-refractivity contribution in [2.75, 3.05) is 18.4 Å². The van der Waals surface area contributed by atoms with Crippen LogP contribution in [0.15, 0.2) is 24.3 Å². The monoisotopic (exact) mass is 235 g/mol. The summed E-state index contributed by atoms with van der Waals surface area (Å²) in [5.74, 6) is 0. The Morgan fingerprint density at radius 1 is 1.29 bits per heavy atom. The normalized spacial score (nSPS) is 14.7. The molecule has 6 nitrogen and oxygen atoms in total. The lowest BCUT2D eigenvalue weighted by Crippen LogP contribution is -2.32. The quantitative estimate of drug-likeness (QED) is 0.630. The number of benzene rings is 1. The Morgan fingerprint density at radius 3 is 2.59 bits per heavy atom. The van der Waals surface area contributed by atoms with Gasteiger partial charge in [-0.1, -0.05) is 12.1 Å². The van der Waals surface area contributed by atoms with Gasteiger partial charge in [0.2, 0.25) is 0 Å². The molecule has 2 amide bonds. The van der Waals surface area contributed by atoms with Gasteiger partial charge in [0.05, 0.1) is 4.92 Å². The Kier molecular flexibility index (Phi) is 3.22. The molecule has 1 aromatic carbocycles. The van der Waals surface area contributed by atoms with Crippen LogP contribution in [0.5, 0.6) is 0 Å². The van der Waals surface area contributed by atoms with Crippen LogP contribution in [0.3, 0.4) is 0 Å². The molecular formula is C11H13N3O3. The number of para-hydroxylation sites is 2.